The fraction of sp³-hybridized carbons (Fsp3) is 0.167. The van der Waals surface area contributed by atoms with Crippen LogP contribution in [0.15, 0.2) is 83.3 Å². The molecule has 156 valence electrons. The number of hydrogen-bond acceptors (Lipinski definition) is 4. The number of amides is 2. The molecule has 0 aliphatic carbocycles. The third-order valence-electron chi connectivity index (χ3n) is 5.69. The molecule has 0 bridgehead atoms. The van der Waals surface area contributed by atoms with Gasteiger partial charge in [-0.1, -0.05) is 54.6 Å². The Morgan fingerprint density at radius 3 is 2.26 bits per heavy atom. The highest BCUT2D eigenvalue weighted by molar-refractivity contribution is 9.10. The maximum atomic E-state index is 13.9. The number of benzene rings is 3. The summed E-state index contributed by atoms with van der Waals surface area (Å²) in [4.78, 5) is 33.9. The normalized spacial score (nSPS) is 22.8. The van der Waals surface area contributed by atoms with Crippen molar-refractivity contribution in [3.8, 4) is 0 Å². The number of para-hydroxylation sites is 1. The first-order valence-electron chi connectivity index (χ1n) is 9.90. The van der Waals surface area contributed by atoms with Crippen LogP contribution in [0, 0.1) is 11.7 Å². The summed E-state index contributed by atoms with van der Waals surface area (Å²) in [7, 11) is 0. The van der Waals surface area contributed by atoms with Crippen LogP contribution in [0.5, 0.6) is 0 Å². The lowest BCUT2D eigenvalue weighted by molar-refractivity contribution is -0.143. The number of likely N-dealkylation sites (tertiary alicyclic amines) is 1. The van der Waals surface area contributed by atoms with E-state index in [4.69, 9.17) is 4.84 Å². The lowest BCUT2D eigenvalue weighted by atomic mass is 9.90. The number of carbonyl (C=O) groups excluding carboxylic acids is 2. The first kappa shape index (κ1) is 19.9. The Morgan fingerprint density at radius 2 is 1.58 bits per heavy atom. The zero-order chi connectivity index (χ0) is 21.5. The van der Waals surface area contributed by atoms with Crippen LogP contribution >= 0.6 is 15.9 Å². The lowest BCUT2D eigenvalue weighted by Gasteiger charge is -2.29. The van der Waals surface area contributed by atoms with Crippen LogP contribution in [0.4, 0.5) is 10.1 Å². The zero-order valence-corrected chi connectivity index (χ0v) is 17.9. The standard InChI is InChI=1S/C24H18BrFN2O3/c25-18-13-16(11-12-19(18)26)21-20-22(31-28(21)17-9-5-2-6-10-17)24(30)27(23(20)29)14-15-7-3-1-4-8-15/h1-13,20-22H,14H2/t20-,21-,22+/m0/s1. The summed E-state index contributed by atoms with van der Waals surface area (Å²) in [6, 6.07) is 22.7. The number of hydrogen-bond donors (Lipinski definition) is 0. The molecule has 3 aromatic rings. The van der Waals surface area contributed by atoms with E-state index in [1.807, 2.05) is 60.7 Å². The molecule has 5 nitrogen and oxygen atoms in total. The second-order valence-electron chi connectivity index (χ2n) is 7.58. The summed E-state index contributed by atoms with van der Waals surface area (Å²) >= 11 is 3.23. The molecule has 3 aromatic carbocycles. The molecule has 2 heterocycles. The van der Waals surface area contributed by atoms with Gasteiger partial charge < -0.3 is 0 Å². The fourth-order valence-electron chi connectivity index (χ4n) is 4.23. The average Bonchev–Trinajstić information content (AvgIpc) is 3.29. The van der Waals surface area contributed by atoms with E-state index in [1.165, 1.54) is 11.0 Å². The van der Waals surface area contributed by atoms with Crippen LogP contribution in [-0.2, 0) is 21.0 Å². The Hall–Kier alpha value is -3.03. The fourth-order valence-corrected chi connectivity index (χ4v) is 4.62. The molecule has 0 saturated carbocycles. The number of rotatable bonds is 4. The smallest absolute Gasteiger partial charge is 0.262 e. The Kier molecular flexibility index (Phi) is 5.08. The molecule has 2 aliphatic heterocycles. The number of carbonyl (C=O) groups is 2. The van der Waals surface area contributed by atoms with Crippen molar-refractivity contribution in [3.63, 3.8) is 0 Å². The van der Waals surface area contributed by atoms with E-state index in [0.717, 1.165) is 11.3 Å². The first-order chi connectivity index (χ1) is 15.0. The van der Waals surface area contributed by atoms with Crippen molar-refractivity contribution in [3.05, 3.63) is 100 Å². The molecule has 7 heteroatoms. The Labute approximate surface area is 187 Å². The molecule has 0 radical (unpaired) electrons. The predicted octanol–water partition coefficient (Wildman–Crippen LogP) is 4.63. The van der Waals surface area contributed by atoms with Crippen molar-refractivity contribution in [2.45, 2.75) is 18.7 Å². The van der Waals surface area contributed by atoms with E-state index < -0.39 is 23.9 Å². The lowest BCUT2D eigenvalue weighted by Crippen LogP contribution is -2.36. The maximum absolute atomic E-state index is 13.9. The predicted molar refractivity (Wildman–Crippen MR) is 116 cm³/mol. The molecular weight excluding hydrogens is 463 g/mol. The van der Waals surface area contributed by atoms with Gasteiger partial charge in [-0.15, -0.1) is 0 Å². The Bertz CT molecular complexity index is 1140. The van der Waals surface area contributed by atoms with Crippen LogP contribution < -0.4 is 5.06 Å². The third-order valence-corrected chi connectivity index (χ3v) is 6.29. The molecule has 31 heavy (non-hydrogen) atoms. The molecule has 0 spiro atoms. The molecule has 5 rings (SSSR count). The summed E-state index contributed by atoms with van der Waals surface area (Å²) < 4.78 is 14.2. The van der Waals surface area contributed by atoms with E-state index in [1.54, 1.807) is 17.2 Å². The summed E-state index contributed by atoms with van der Waals surface area (Å²) in [5.74, 6) is -1.77. The Balaban J connectivity index is 1.54. The zero-order valence-electron chi connectivity index (χ0n) is 16.3. The van der Waals surface area contributed by atoms with Crippen LogP contribution in [-0.4, -0.2) is 22.8 Å². The summed E-state index contributed by atoms with van der Waals surface area (Å²) in [6.45, 7) is 0.194. The van der Waals surface area contributed by atoms with Crippen LogP contribution in [0.25, 0.3) is 0 Å². The monoisotopic (exact) mass is 480 g/mol. The third kappa shape index (κ3) is 3.43. The highest BCUT2D eigenvalue weighted by Gasteiger charge is 2.59. The van der Waals surface area contributed by atoms with Gasteiger partial charge in [0.25, 0.3) is 5.91 Å². The number of nitrogens with zero attached hydrogens (tertiary/aromatic N) is 2. The van der Waals surface area contributed by atoms with Crippen molar-refractivity contribution in [2.24, 2.45) is 5.92 Å². The van der Waals surface area contributed by atoms with Gasteiger partial charge in [-0.05, 0) is 51.3 Å². The summed E-state index contributed by atoms with van der Waals surface area (Å²) in [5.41, 5.74) is 2.27. The van der Waals surface area contributed by atoms with Crippen molar-refractivity contribution in [2.75, 3.05) is 5.06 Å². The van der Waals surface area contributed by atoms with Crippen molar-refractivity contribution in [1.82, 2.24) is 4.90 Å². The van der Waals surface area contributed by atoms with Crippen LogP contribution in [0.1, 0.15) is 17.2 Å². The van der Waals surface area contributed by atoms with Gasteiger partial charge in [0.15, 0.2) is 6.10 Å². The highest BCUT2D eigenvalue weighted by Crippen LogP contribution is 2.47. The molecule has 2 fully saturated rings. The largest absolute Gasteiger partial charge is 0.275 e. The second kappa shape index (κ2) is 7.90. The number of fused-ring (bicyclic) bond motifs is 1. The van der Waals surface area contributed by atoms with E-state index >= 15 is 0 Å². The van der Waals surface area contributed by atoms with Crippen LogP contribution in [0.3, 0.4) is 0 Å². The van der Waals surface area contributed by atoms with Crippen LogP contribution in [0.2, 0.25) is 0 Å². The average molecular weight is 481 g/mol. The van der Waals surface area contributed by atoms with Crippen molar-refractivity contribution < 1.29 is 18.8 Å². The highest BCUT2D eigenvalue weighted by atomic mass is 79.9. The minimum absolute atomic E-state index is 0.194. The van der Waals surface area contributed by atoms with E-state index in [0.29, 0.717) is 10.0 Å². The maximum Gasteiger partial charge on any atom is 0.262 e. The topological polar surface area (TPSA) is 49.9 Å². The quantitative estimate of drug-likeness (QED) is 0.510. The molecule has 2 saturated heterocycles. The molecule has 3 atom stereocenters. The number of halogens is 2. The molecule has 2 amide bonds. The van der Waals surface area contributed by atoms with Crippen molar-refractivity contribution >= 4 is 33.4 Å². The Morgan fingerprint density at radius 1 is 0.903 bits per heavy atom. The SMILES string of the molecule is O=C1[C@@H]2[C@@H](ON(c3ccccc3)[C@H]2c2ccc(F)c(Br)c2)C(=O)N1Cc1ccccc1. The van der Waals surface area contributed by atoms with Gasteiger partial charge in [0.2, 0.25) is 5.91 Å². The van der Waals surface area contributed by atoms with Gasteiger partial charge in [0.05, 0.1) is 22.7 Å². The number of imide groups is 1. The van der Waals surface area contributed by atoms with Gasteiger partial charge in [-0.25, -0.2) is 9.45 Å². The second-order valence-corrected chi connectivity index (χ2v) is 8.43. The van der Waals surface area contributed by atoms with Gasteiger partial charge >= 0.3 is 0 Å². The number of hydroxylamine groups is 1. The molecule has 0 aromatic heterocycles. The van der Waals surface area contributed by atoms with Gasteiger partial charge in [-0.3, -0.25) is 19.3 Å². The molecule has 0 N–H and O–H groups in total. The van der Waals surface area contributed by atoms with Crippen molar-refractivity contribution in [1.29, 1.82) is 0 Å². The first-order valence-corrected chi connectivity index (χ1v) is 10.7. The van der Waals surface area contributed by atoms with E-state index in [2.05, 4.69) is 15.9 Å². The molecule has 2 aliphatic rings. The number of anilines is 1. The summed E-state index contributed by atoms with van der Waals surface area (Å²) in [5, 5.41) is 1.60. The van der Waals surface area contributed by atoms with Gasteiger partial charge in [-0.2, -0.15) is 0 Å². The van der Waals surface area contributed by atoms with E-state index in [9.17, 15) is 14.0 Å². The van der Waals surface area contributed by atoms with Gasteiger partial charge in [0, 0.05) is 0 Å². The van der Waals surface area contributed by atoms with Gasteiger partial charge in [0.1, 0.15) is 11.7 Å². The van der Waals surface area contributed by atoms with E-state index in [-0.39, 0.29) is 18.4 Å². The molecular formula is C24H18BrFN2O3. The molecule has 0 unspecified atom stereocenters. The minimum Gasteiger partial charge on any atom is -0.275 e. The minimum atomic E-state index is -0.926. The summed E-state index contributed by atoms with van der Waals surface area (Å²) in [6.07, 6.45) is -0.926.